The van der Waals surface area contributed by atoms with Gasteiger partial charge in [-0.1, -0.05) is 29.3 Å². The van der Waals surface area contributed by atoms with Crippen molar-refractivity contribution in [3.63, 3.8) is 0 Å². The summed E-state index contributed by atoms with van der Waals surface area (Å²) in [7, 11) is 0. The van der Waals surface area contributed by atoms with Gasteiger partial charge in [-0.05, 0) is 24.6 Å². The first-order valence-corrected chi connectivity index (χ1v) is 11.8. The maximum absolute atomic E-state index is 12.5. The van der Waals surface area contributed by atoms with E-state index in [2.05, 4.69) is 25.2 Å². The summed E-state index contributed by atoms with van der Waals surface area (Å²) in [5, 5.41) is 4.87. The first kappa shape index (κ1) is 23.1. The summed E-state index contributed by atoms with van der Waals surface area (Å²) in [6.07, 6.45) is 5.08. The Kier molecular flexibility index (Phi) is 7.70. The topological polar surface area (TPSA) is 80.2 Å². The van der Waals surface area contributed by atoms with Gasteiger partial charge in [-0.2, -0.15) is 0 Å². The third-order valence-electron chi connectivity index (χ3n) is 5.14. The van der Waals surface area contributed by atoms with Crippen molar-refractivity contribution in [3.05, 3.63) is 63.0 Å². The summed E-state index contributed by atoms with van der Waals surface area (Å²) < 4.78 is 5.84. The molecule has 1 saturated heterocycles. The fraction of sp³-hybridized carbons (Fsp3) is 0.364. The Morgan fingerprint density at radius 2 is 2.19 bits per heavy atom. The molecule has 0 spiro atoms. The molecule has 1 fully saturated rings. The third-order valence-corrected chi connectivity index (χ3v) is 6.92. The normalized spacial score (nSPS) is 16.8. The van der Waals surface area contributed by atoms with E-state index in [0.717, 1.165) is 40.8 Å². The van der Waals surface area contributed by atoms with Crippen LogP contribution in [0.25, 0.3) is 10.7 Å². The Morgan fingerprint density at radius 3 is 2.97 bits per heavy atom. The fourth-order valence-electron chi connectivity index (χ4n) is 3.50. The van der Waals surface area contributed by atoms with Gasteiger partial charge in [0.15, 0.2) is 0 Å². The predicted molar refractivity (Wildman–Crippen MR) is 126 cm³/mol. The van der Waals surface area contributed by atoms with Crippen molar-refractivity contribution in [1.82, 2.24) is 25.2 Å². The van der Waals surface area contributed by atoms with Gasteiger partial charge in [-0.3, -0.25) is 19.7 Å². The van der Waals surface area contributed by atoms with E-state index in [9.17, 15) is 4.79 Å². The highest BCUT2D eigenvalue weighted by molar-refractivity contribution is 7.15. The van der Waals surface area contributed by atoms with Crippen LogP contribution in [0.5, 0.6) is 0 Å². The van der Waals surface area contributed by atoms with E-state index < -0.39 is 0 Å². The highest BCUT2D eigenvalue weighted by atomic mass is 35.5. The van der Waals surface area contributed by atoms with Crippen molar-refractivity contribution >= 4 is 40.4 Å². The van der Waals surface area contributed by atoms with Gasteiger partial charge in [-0.15, -0.1) is 11.3 Å². The average molecular weight is 492 g/mol. The van der Waals surface area contributed by atoms with Crippen molar-refractivity contribution in [3.8, 4) is 10.7 Å². The molecule has 3 heterocycles. The molecule has 2 aromatic heterocycles. The van der Waals surface area contributed by atoms with E-state index in [1.54, 1.807) is 18.6 Å². The van der Waals surface area contributed by atoms with Crippen LogP contribution in [0, 0.1) is 6.92 Å². The van der Waals surface area contributed by atoms with E-state index in [0.29, 0.717) is 28.9 Å². The molecule has 32 heavy (non-hydrogen) atoms. The molecule has 1 amide bonds. The van der Waals surface area contributed by atoms with E-state index in [1.807, 2.05) is 25.1 Å². The lowest BCUT2D eigenvalue weighted by Gasteiger charge is -2.33. The zero-order valence-corrected chi connectivity index (χ0v) is 19.9. The van der Waals surface area contributed by atoms with Gasteiger partial charge in [0.2, 0.25) is 5.91 Å². The molecule has 1 aliphatic rings. The Labute approximate surface area is 200 Å². The number of benzene rings is 1. The molecule has 0 aliphatic carbocycles. The number of ether oxygens (including phenoxy) is 1. The SMILES string of the molecule is Cc1sc(-c2cnccn2)nc1CC(=O)NCC1CN(Cc2ccc(Cl)c(Cl)c2)CCO1. The smallest absolute Gasteiger partial charge is 0.226 e. The number of hydrogen-bond donors (Lipinski definition) is 1. The number of amides is 1. The molecule has 1 atom stereocenters. The number of morpholine rings is 1. The molecule has 3 aromatic rings. The van der Waals surface area contributed by atoms with Crippen LogP contribution >= 0.6 is 34.5 Å². The Hall–Kier alpha value is -2.10. The molecular weight excluding hydrogens is 469 g/mol. The van der Waals surface area contributed by atoms with Crippen molar-refractivity contribution in [2.24, 2.45) is 0 Å². The number of carbonyl (C=O) groups excluding carboxylic acids is 1. The number of carbonyl (C=O) groups is 1. The maximum Gasteiger partial charge on any atom is 0.226 e. The third kappa shape index (κ3) is 6.02. The molecule has 0 bridgehead atoms. The van der Waals surface area contributed by atoms with Gasteiger partial charge in [0.25, 0.3) is 0 Å². The number of aryl methyl sites for hydroxylation is 1. The lowest BCUT2D eigenvalue weighted by molar-refractivity contribution is -0.121. The summed E-state index contributed by atoms with van der Waals surface area (Å²) in [4.78, 5) is 28.8. The molecule has 7 nitrogen and oxygen atoms in total. The fourth-order valence-corrected chi connectivity index (χ4v) is 4.71. The molecule has 10 heteroatoms. The molecule has 1 aromatic carbocycles. The number of aromatic nitrogens is 3. The summed E-state index contributed by atoms with van der Waals surface area (Å²) in [5.74, 6) is -0.0747. The van der Waals surface area contributed by atoms with E-state index in [-0.39, 0.29) is 18.4 Å². The zero-order chi connectivity index (χ0) is 22.5. The average Bonchev–Trinajstić information content (AvgIpc) is 3.16. The lowest BCUT2D eigenvalue weighted by Crippen LogP contribution is -2.47. The summed E-state index contributed by atoms with van der Waals surface area (Å²) in [6, 6.07) is 5.68. The number of nitrogens with one attached hydrogen (secondary N) is 1. The van der Waals surface area contributed by atoms with Crippen molar-refractivity contribution in [1.29, 1.82) is 0 Å². The molecule has 4 rings (SSSR count). The summed E-state index contributed by atoms with van der Waals surface area (Å²) >= 11 is 13.6. The van der Waals surface area contributed by atoms with Gasteiger partial charge in [0.1, 0.15) is 10.7 Å². The van der Waals surface area contributed by atoms with Crippen LogP contribution in [-0.4, -0.2) is 58.1 Å². The Bertz CT molecular complexity index is 1080. The van der Waals surface area contributed by atoms with Gasteiger partial charge >= 0.3 is 0 Å². The van der Waals surface area contributed by atoms with Gasteiger partial charge < -0.3 is 10.1 Å². The molecule has 1 unspecified atom stereocenters. The molecule has 168 valence electrons. The van der Waals surface area contributed by atoms with E-state index >= 15 is 0 Å². The highest BCUT2D eigenvalue weighted by Crippen LogP contribution is 2.26. The number of nitrogens with zero attached hydrogens (tertiary/aromatic N) is 4. The molecule has 0 radical (unpaired) electrons. The quantitative estimate of drug-likeness (QED) is 0.541. The van der Waals surface area contributed by atoms with Crippen LogP contribution in [0.3, 0.4) is 0 Å². The zero-order valence-electron chi connectivity index (χ0n) is 17.6. The minimum Gasteiger partial charge on any atom is -0.374 e. The number of rotatable bonds is 7. The molecule has 1 aliphatic heterocycles. The van der Waals surface area contributed by atoms with E-state index in [1.165, 1.54) is 11.3 Å². The van der Waals surface area contributed by atoms with Crippen molar-refractivity contribution in [2.75, 3.05) is 26.2 Å². The van der Waals surface area contributed by atoms with Crippen LogP contribution in [0.1, 0.15) is 16.1 Å². The second-order valence-corrected chi connectivity index (χ2v) is 9.59. The largest absolute Gasteiger partial charge is 0.374 e. The predicted octanol–water partition coefficient (Wildman–Crippen LogP) is 3.78. The highest BCUT2D eigenvalue weighted by Gasteiger charge is 2.22. The standard InChI is InChI=1S/C22H23Cl2N5O2S/c1-14-19(28-22(32-14)20-11-25-4-5-26-20)9-21(30)27-10-16-13-29(6-7-31-16)12-15-2-3-17(23)18(24)8-15/h2-5,8,11,16H,6-7,9-10,12-13H2,1H3,(H,27,30). The van der Waals surface area contributed by atoms with Crippen LogP contribution in [-0.2, 0) is 22.5 Å². The minimum atomic E-state index is -0.0747. The second kappa shape index (κ2) is 10.7. The Balaban J connectivity index is 1.27. The van der Waals surface area contributed by atoms with Crippen LogP contribution in [0.2, 0.25) is 10.0 Å². The van der Waals surface area contributed by atoms with Crippen molar-refractivity contribution < 1.29 is 9.53 Å². The molecule has 0 saturated carbocycles. The minimum absolute atomic E-state index is 0.0674. The second-order valence-electron chi connectivity index (χ2n) is 7.57. The molecular formula is C22H23Cl2N5O2S. The molecule has 1 N–H and O–H groups in total. The Morgan fingerprint density at radius 1 is 1.31 bits per heavy atom. The van der Waals surface area contributed by atoms with Crippen molar-refractivity contribution in [2.45, 2.75) is 26.0 Å². The summed E-state index contributed by atoms with van der Waals surface area (Å²) in [6.45, 7) is 5.35. The summed E-state index contributed by atoms with van der Waals surface area (Å²) in [5.41, 5.74) is 2.57. The number of thiazole rings is 1. The lowest BCUT2D eigenvalue weighted by atomic mass is 10.2. The van der Waals surface area contributed by atoms with E-state index in [4.69, 9.17) is 27.9 Å². The van der Waals surface area contributed by atoms with Gasteiger partial charge in [-0.25, -0.2) is 4.98 Å². The van der Waals surface area contributed by atoms with Crippen LogP contribution in [0.4, 0.5) is 0 Å². The monoisotopic (exact) mass is 491 g/mol. The maximum atomic E-state index is 12.5. The number of hydrogen-bond acceptors (Lipinski definition) is 7. The van der Waals surface area contributed by atoms with Crippen LogP contribution < -0.4 is 5.32 Å². The van der Waals surface area contributed by atoms with Gasteiger partial charge in [0, 0.05) is 43.4 Å². The van der Waals surface area contributed by atoms with Crippen LogP contribution in [0.15, 0.2) is 36.8 Å². The first-order valence-electron chi connectivity index (χ1n) is 10.2. The first-order chi connectivity index (χ1) is 15.5. The number of halogens is 2. The van der Waals surface area contributed by atoms with Gasteiger partial charge in [0.05, 0.1) is 41.1 Å².